The number of ether oxygens (including phenoxy) is 1. The highest BCUT2D eigenvalue weighted by atomic mass is 16.5. The van der Waals surface area contributed by atoms with Crippen LogP contribution in [0, 0.1) is 0 Å². The van der Waals surface area contributed by atoms with Gasteiger partial charge in [-0.15, -0.1) is 0 Å². The molecule has 4 heteroatoms. The van der Waals surface area contributed by atoms with Crippen LogP contribution in [0.3, 0.4) is 0 Å². The Labute approximate surface area is 114 Å². The second-order valence-corrected chi connectivity index (χ2v) is 5.24. The smallest absolute Gasteiger partial charge is 0.323 e. The van der Waals surface area contributed by atoms with Gasteiger partial charge in [0, 0.05) is 11.7 Å². The highest BCUT2D eigenvalue weighted by Gasteiger charge is 2.30. The van der Waals surface area contributed by atoms with E-state index in [0.29, 0.717) is 0 Å². The van der Waals surface area contributed by atoms with Crippen LogP contribution < -0.4 is 4.90 Å². The largest absolute Gasteiger partial charge is 0.480 e. The van der Waals surface area contributed by atoms with E-state index in [9.17, 15) is 4.79 Å². The van der Waals surface area contributed by atoms with Gasteiger partial charge in [0.25, 0.3) is 0 Å². The van der Waals surface area contributed by atoms with E-state index in [1.54, 1.807) is 0 Å². The molecule has 0 spiro atoms. The number of rotatable bonds is 4. The van der Waals surface area contributed by atoms with Crippen molar-refractivity contribution in [3.8, 4) is 0 Å². The average molecular weight is 263 g/mol. The molecule has 19 heavy (non-hydrogen) atoms. The Kier molecular flexibility index (Phi) is 4.43. The maximum absolute atomic E-state index is 11.1. The molecule has 0 aromatic heterocycles. The fourth-order valence-electron chi connectivity index (χ4n) is 2.82. The molecule has 1 aliphatic heterocycles. The van der Waals surface area contributed by atoms with E-state index in [-0.39, 0.29) is 24.8 Å². The number of carboxylic acids is 1. The first-order valence-electron chi connectivity index (χ1n) is 6.75. The van der Waals surface area contributed by atoms with E-state index >= 15 is 0 Å². The number of hydrogen-bond acceptors (Lipinski definition) is 3. The summed E-state index contributed by atoms with van der Waals surface area (Å²) in [4.78, 5) is 13.1. The summed E-state index contributed by atoms with van der Waals surface area (Å²) in [7, 11) is 0. The molecule has 1 N–H and O–H groups in total. The summed E-state index contributed by atoms with van der Waals surface area (Å²) in [5.41, 5.74) is 0.969. The first-order chi connectivity index (χ1) is 9.06. The lowest BCUT2D eigenvalue weighted by Gasteiger charge is -2.39. The van der Waals surface area contributed by atoms with Crippen molar-refractivity contribution in [3.63, 3.8) is 0 Å². The molecular weight excluding hydrogens is 242 g/mol. The summed E-state index contributed by atoms with van der Waals surface area (Å²) in [5, 5.41) is 9.13. The number of anilines is 1. The molecular formula is C15H21NO3. The fourth-order valence-corrected chi connectivity index (χ4v) is 2.82. The van der Waals surface area contributed by atoms with Crippen molar-refractivity contribution in [1.29, 1.82) is 0 Å². The Hall–Kier alpha value is -1.55. The lowest BCUT2D eigenvalue weighted by Crippen LogP contribution is -2.46. The molecule has 0 aliphatic carbocycles. The summed E-state index contributed by atoms with van der Waals surface area (Å²) in [6.07, 6.45) is 2.08. The molecule has 0 radical (unpaired) electrons. The third-order valence-corrected chi connectivity index (χ3v) is 3.51. The molecule has 1 aromatic carbocycles. The van der Waals surface area contributed by atoms with Crippen molar-refractivity contribution in [3.05, 3.63) is 30.3 Å². The van der Waals surface area contributed by atoms with Crippen LogP contribution >= 0.6 is 0 Å². The second kappa shape index (κ2) is 6.06. The lowest BCUT2D eigenvalue weighted by atomic mass is 9.97. The molecule has 2 atom stereocenters. The number of aliphatic carboxylic acids is 1. The van der Waals surface area contributed by atoms with Gasteiger partial charge in [0.1, 0.15) is 6.54 Å². The van der Waals surface area contributed by atoms with Gasteiger partial charge in [0.05, 0.1) is 12.2 Å². The van der Waals surface area contributed by atoms with Crippen molar-refractivity contribution in [2.75, 3.05) is 11.4 Å². The Bertz CT molecular complexity index is 411. The van der Waals surface area contributed by atoms with Crippen molar-refractivity contribution in [2.45, 2.75) is 44.9 Å². The standard InChI is InChI=1S/C15H21NO3/c1-11-8-14(9-12(2)19-11)16(10-15(17)18)13-6-4-3-5-7-13/h3-7,11-12,14H,8-10H2,1-2H3,(H,17,18). The molecule has 1 aromatic rings. The maximum atomic E-state index is 11.1. The van der Waals surface area contributed by atoms with E-state index in [2.05, 4.69) is 0 Å². The van der Waals surface area contributed by atoms with Crippen LogP contribution in [0.2, 0.25) is 0 Å². The Morgan fingerprint density at radius 3 is 2.37 bits per heavy atom. The van der Waals surface area contributed by atoms with Crippen molar-refractivity contribution < 1.29 is 14.6 Å². The van der Waals surface area contributed by atoms with Crippen LogP contribution in [0.1, 0.15) is 26.7 Å². The molecule has 1 fully saturated rings. The number of hydrogen-bond donors (Lipinski definition) is 1. The number of benzene rings is 1. The van der Waals surface area contributed by atoms with Crippen LogP contribution in [-0.4, -0.2) is 35.9 Å². The molecule has 0 bridgehead atoms. The monoisotopic (exact) mass is 263 g/mol. The number of nitrogens with zero attached hydrogens (tertiary/aromatic N) is 1. The van der Waals surface area contributed by atoms with Gasteiger partial charge in [-0.3, -0.25) is 4.79 Å². The fraction of sp³-hybridized carbons (Fsp3) is 0.533. The van der Waals surface area contributed by atoms with Gasteiger partial charge >= 0.3 is 5.97 Å². The number of carboxylic acid groups (broad SMARTS) is 1. The summed E-state index contributed by atoms with van der Waals surface area (Å²) in [6, 6.07) is 9.98. The maximum Gasteiger partial charge on any atom is 0.323 e. The molecule has 1 heterocycles. The predicted molar refractivity (Wildman–Crippen MR) is 74.5 cm³/mol. The SMILES string of the molecule is CC1CC(N(CC(=O)O)c2ccccc2)CC(C)O1. The molecule has 0 amide bonds. The van der Waals surface area contributed by atoms with Crippen molar-refractivity contribution >= 4 is 11.7 Å². The lowest BCUT2D eigenvalue weighted by molar-refractivity contribution is -0.135. The quantitative estimate of drug-likeness (QED) is 0.907. The highest BCUT2D eigenvalue weighted by molar-refractivity contribution is 5.74. The molecule has 4 nitrogen and oxygen atoms in total. The number of para-hydroxylation sites is 1. The van der Waals surface area contributed by atoms with Gasteiger partial charge < -0.3 is 14.7 Å². The summed E-state index contributed by atoms with van der Waals surface area (Å²) < 4.78 is 5.73. The molecule has 1 saturated heterocycles. The van der Waals surface area contributed by atoms with Gasteiger partial charge in [-0.1, -0.05) is 18.2 Å². The molecule has 104 valence electrons. The van der Waals surface area contributed by atoms with Crippen LogP contribution in [-0.2, 0) is 9.53 Å². The van der Waals surface area contributed by atoms with Crippen LogP contribution in [0.25, 0.3) is 0 Å². The first-order valence-corrected chi connectivity index (χ1v) is 6.75. The molecule has 1 aliphatic rings. The van der Waals surface area contributed by atoms with Gasteiger partial charge in [0.15, 0.2) is 0 Å². The van der Waals surface area contributed by atoms with Crippen molar-refractivity contribution in [1.82, 2.24) is 0 Å². The van der Waals surface area contributed by atoms with Crippen molar-refractivity contribution in [2.24, 2.45) is 0 Å². The second-order valence-electron chi connectivity index (χ2n) is 5.24. The van der Waals surface area contributed by atoms with E-state index in [0.717, 1.165) is 18.5 Å². The van der Waals surface area contributed by atoms with Gasteiger partial charge in [-0.2, -0.15) is 0 Å². The normalized spacial score (nSPS) is 26.9. The zero-order chi connectivity index (χ0) is 13.8. The minimum absolute atomic E-state index is 0.0358. The Balaban J connectivity index is 2.20. The summed E-state index contributed by atoms with van der Waals surface area (Å²) in [5.74, 6) is -0.796. The van der Waals surface area contributed by atoms with E-state index in [1.165, 1.54) is 0 Å². The third-order valence-electron chi connectivity index (χ3n) is 3.51. The van der Waals surface area contributed by atoms with E-state index in [4.69, 9.17) is 9.84 Å². The van der Waals surface area contributed by atoms with Gasteiger partial charge in [-0.25, -0.2) is 0 Å². The number of carbonyl (C=O) groups is 1. The Morgan fingerprint density at radius 1 is 1.26 bits per heavy atom. The van der Waals surface area contributed by atoms with E-state index in [1.807, 2.05) is 49.1 Å². The molecule has 2 unspecified atom stereocenters. The van der Waals surface area contributed by atoms with Gasteiger partial charge in [-0.05, 0) is 38.8 Å². The first kappa shape index (κ1) is 13.9. The molecule has 0 saturated carbocycles. The summed E-state index contributed by atoms with van der Waals surface area (Å²) in [6.45, 7) is 4.13. The van der Waals surface area contributed by atoms with Gasteiger partial charge in [0.2, 0.25) is 0 Å². The van der Waals surface area contributed by atoms with E-state index < -0.39 is 5.97 Å². The minimum atomic E-state index is -0.796. The van der Waals surface area contributed by atoms with Crippen LogP contribution in [0.15, 0.2) is 30.3 Å². The minimum Gasteiger partial charge on any atom is -0.480 e. The Morgan fingerprint density at radius 2 is 1.84 bits per heavy atom. The topological polar surface area (TPSA) is 49.8 Å². The van der Waals surface area contributed by atoms with Crippen LogP contribution in [0.4, 0.5) is 5.69 Å². The zero-order valence-corrected chi connectivity index (χ0v) is 11.5. The highest BCUT2D eigenvalue weighted by Crippen LogP contribution is 2.27. The molecule has 2 rings (SSSR count). The summed E-state index contributed by atoms with van der Waals surface area (Å²) >= 11 is 0. The zero-order valence-electron chi connectivity index (χ0n) is 11.5. The van der Waals surface area contributed by atoms with Crippen LogP contribution in [0.5, 0.6) is 0 Å². The predicted octanol–water partition coefficient (Wildman–Crippen LogP) is 2.53. The average Bonchev–Trinajstić information content (AvgIpc) is 2.35. The third kappa shape index (κ3) is 3.70.